The monoisotopic (exact) mass is 296 g/mol. The summed E-state index contributed by atoms with van der Waals surface area (Å²) in [5.74, 6) is 0. The third kappa shape index (κ3) is 8.67. The Balaban J connectivity index is 0.000000225. The molecular formula is C22H32. The second-order valence-corrected chi connectivity index (χ2v) is 5.85. The Bertz CT molecular complexity index is 398. The average molecular weight is 296 g/mol. The molecular weight excluding hydrogens is 264 g/mol. The normalized spacial score (nSPS) is 9.91. The van der Waals surface area contributed by atoms with E-state index in [9.17, 15) is 0 Å². The van der Waals surface area contributed by atoms with Crippen LogP contribution in [-0.2, 0) is 0 Å². The largest absolute Gasteiger partial charge is 0.0654 e. The van der Waals surface area contributed by atoms with Gasteiger partial charge < -0.3 is 0 Å². The van der Waals surface area contributed by atoms with Crippen molar-refractivity contribution in [1.29, 1.82) is 0 Å². The molecule has 0 atom stereocenters. The van der Waals surface area contributed by atoms with Crippen molar-refractivity contribution in [2.24, 2.45) is 0 Å². The van der Waals surface area contributed by atoms with Crippen molar-refractivity contribution >= 4 is 0 Å². The number of hydrogen-bond donors (Lipinski definition) is 0. The van der Waals surface area contributed by atoms with E-state index in [1.807, 2.05) is 12.1 Å². The number of rotatable bonds is 8. The van der Waals surface area contributed by atoms with E-state index >= 15 is 0 Å². The first-order chi connectivity index (χ1) is 10.9. The summed E-state index contributed by atoms with van der Waals surface area (Å²) in [4.78, 5) is 0. The topological polar surface area (TPSA) is 0 Å². The lowest BCUT2D eigenvalue weighted by molar-refractivity contribution is 0.585. The molecule has 0 unspecified atom stereocenters. The van der Waals surface area contributed by atoms with E-state index in [4.69, 9.17) is 0 Å². The SMILES string of the molecule is CCCCCCCCCC.c1ccc(-c2ccccc2)cc1. The highest BCUT2D eigenvalue weighted by Gasteiger charge is 1.91. The van der Waals surface area contributed by atoms with Crippen molar-refractivity contribution in [3.63, 3.8) is 0 Å². The molecule has 0 N–H and O–H groups in total. The van der Waals surface area contributed by atoms with Gasteiger partial charge in [-0.1, -0.05) is 126 Å². The van der Waals surface area contributed by atoms with Gasteiger partial charge in [0.15, 0.2) is 0 Å². The van der Waals surface area contributed by atoms with Crippen LogP contribution in [-0.4, -0.2) is 0 Å². The minimum absolute atomic E-state index is 1.28. The molecule has 22 heavy (non-hydrogen) atoms. The predicted molar refractivity (Wildman–Crippen MR) is 100 cm³/mol. The van der Waals surface area contributed by atoms with E-state index in [2.05, 4.69) is 62.4 Å². The second kappa shape index (κ2) is 13.1. The smallest absolute Gasteiger partial charge is 0.0184 e. The summed E-state index contributed by atoms with van der Waals surface area (Å²) in [6.07, 6.45) is 11.5. The van der Waals surface area contributed by atoms with E-state index < -0.39 is 0 Å². The van der Waals surface area contributed by atoms with E-state index in [1.54, 1.807) is 0 Å². The summed E-state index contributed by atoms with van der Waals surface area (Å²) in [6, 6.07) is 20.8. The van der Waals surface area contributed by atoms with E-state index in [0.29, 0.717) is 0 Å². The lowest BCUT2D eigenvalue weighted by atomic mass is 10.1. The van der Waals surface area contributed by atoms with E-state index in [0.717, 1.165) is 0 Å². The van der Waals surface area contributed by atoms with Gasteiger partial charge in [0.1, 0.15) is 0 Å². The van der Waals surface area contributed by atoms with Crippen LogP contribution in [0.25, 0.3) is 11.1 Å². The van der Waals surface area contributed by atoms with Gasteiger partial charge in [0.2, 0.25) is 0 Å². The molecule has 0 aromatic heterocycles. The number of hydrogen-bond acceptors (Lipinski definition) is 0. The minimum atomic E-state index is 1.28. The summed E-state index contributed by atoms with van der Waals surface area (Å²) in [5, 5.41) is 0. The Morgan fingerprint density at radius 3 is 1.09 bits per heavy atom. The summed E-state index contributed by atoms with van der Waals surface area (Å²) in [5.41, 5.74) is 2.55. The fourth-order valence-corrected chi connectivity index (χ4v) is 2.47. The van der Waals surface area contributed by atoms with Crippen molar-refractivity contribution in [3.05, 3.63) is 60.7 Å². The molecule has 0 nitrogen and oxygen atoms in total. The third-order valence-corrected chi connectivity index (χ3v) is 3.84. The van der Waals surface area contributed by atoms with Crippen LogP contribution in [0, 0.1) is 0 Å². The molecule has 0 fully saturated rings. The molecule has 0 aliphatic heterocycles. The van der Waals surface area contributed by atoms with Crippen LogP contribution in [0.15, 0.2) is 60.7 Å². The van der Waals surface area contributed by atoms with Crippen molar-refractivity contribution in [3.8, 4) is 11.1 Å². The molecule has 0 aliphatic carbocycles. The fourth-order valence-electron chi connectivity index (χ4n) is 2.47. The lowest BCUT2D eigenvalue weighted by Gasteiger charge is -1.98. The zero-order valence-electron chi connectivity index (χ0n) is 14.4. The molecule has 0 saturated heterocycles. The van der Waals surface area contributed by atoms with Gasteiger partial charge in [0.05, 0.1) is 0 Å². The van der Waals surface area contributed by atoms with Crippen LogP contribution < -0.4 is 0 Å². The van der Waals surface area contributed by atoms with Gasteiger partial charge in [-0.25, -0.2) is 0 Å². The first kappa shape index (κ1) is 18.5. The Labute approximate surface area is 137 Å². The molecule has 0 amide bonds. The van der Waals surface area contributed by atoms with Crippen LogP contribution in [0.5, 0.6) is 0 Å². The molecule has 0 saturated carbocycles. The Kier molecular flexibility index (Phi) is 11.0. The van der Waals surface area contributed by atoms with Gasteiger partial charge >= 0.3 is 0 Å². The molecule has 2 rings (SSSR count). The lowest BCUT2D eigenvalue weighted by Crippen LogP contribution is -1.77. The first-order valence-electron chi connectivity index (χ1n) is 8.99. The van der Waals surface area contributed by atoms with Gasteiger partial charge in [0.25, 0.3) is 0 Å². The minimum Gasteiger partial charge on any atom is -0.0654 e. The molecule has 0 heteroatoms. The van der Waals surface area contributed by atoms with Crippen LogP contribution in [0.1, 0.15) is 65.2 Å². The van der Waals surface area contributed by atoms with Crippen LogP contribution in [0.4, 0.5) is 0 Å². The Morgan fingerprint density at radius 1 is 0.455 bits per heavy atom. The highest BCUT2D eigenvalue weighted by molar-refractivity contribution is 5.62. The van der Waals surface area contributed by atoms with Crippen molar-refractivity contribution in [2.75, 3.05) is 0 Å². The summed E-state index contributed by atoms with van der Waals surface area (Å²) in [7, 11) is 0. The van der Waals surface area contributed by atoms with Gasteiger partial charge in [-0.05, 0) is 11.1 Å². The summed E-state index contributed by atoms with van der Waals surface area (Å²) >= 11 is 0. The molecule has 0 heterocycles. The van der Waals surface area contributed by atoms with Crippen LogP contribution in [0.3, 0.4) is 0 Å². The Hall–Kier alpha value is -1.56. The van der Waals surface area contributed by atoms with Crippen molar-refractivity contribution in [2.45, 2.75) is 65.2 Å². The third-order valence-electron chi connectivity index (χ3n) is 3.84. The zero-order chi connectivity index (χ0) is 15.9. The first-order valence-corrected chi connectivity index (χ1v) is 8.99. The predicted octanol–water partition coefficient (Wildman–Crippen LogP) is 7.50. The van der Waals surface area contributed by atoms with E-state index in [1.165, 1.54) is 62.5 Å². The maximum atomic E-state index is 2.27. The second-order valence-electron chi connectivity index (χ2n) is 5.85. The summed E-state index contributed by atoms with van der Waals surface area (Å²) < 4.78 is 0. The van der Waals surface area contributed by atoms with Crippen LogP contribution in [0.2, 0.25) is 0 Å². The number of benzene rings is 2. The molecule has 0 bridgehead atoms. The summed E-state index contributed by atoms with van der Waals surface area (Å²) in [6.45, 7) is 4.54. The maximum Gasteiger partial charge on any atom is -0.0184 e. The molecule has 2 aromatic carbocycles. The average Bonchev–Trinajstić information content (AvgIpc) is 2.60. The van der Waals surface area contributed by atoms with Gasteiger partial charge in [-0.3, -0.25) is 0 Å². The van der Waals surface area contributed by atoms with Crippen molar-refractivity contribution in [1.82, 2.24) is 0 Å². The molecule has 120 valence electrons. The molecule has 2 aromatic rings. The maximum absolute atomic E-state index is 2.27. The van der Waals surface area contributed by atoms with Gasteiger partial charge in [-0.15, -0.1) is 0 Å². The fraction of sp³-hybridized carbons (Fsp3) is 0.455. The quantitative estimate of drug-likeness (QED) is 0.442. The number of unbranched alkanes of at least 4 members (excludes halogenated alkanes) is 7. The van der Waals surface area contributed by atoms with Crippen LogP contribution >= 0.6 is 0 Å². The highest BCUT2D eigenvalue weighted by Crippen LogP contribution is 2.17. The van der Waals surface area contributed by atoms with Gasteiger partial charge in [0, 0.05) is 0 Å². The zero-order valence-corrected chi connectivity index (χ0v) is 14.4. The molecule has 0 aliphatic rings. The van der Waals surface area contributed by atoms with Crippen molar-refractivity contribution < 1.29 is 0 Å². The van der Waals surface area contributed by atoms with Gasteiger partial charge in [-0.2, -0.15) is 0 Å². The highest BCUT2D eigenvalue weighted by atomic mass is 14.0. The van der Waals surface area contributed by atoms with E-state index in [-0.39, 0.29) is 0 Å². The molecule has 0 spiro atoms. The standard InChI is InChI=1S/C12H10.C10H22/c1-3-7-11(8-4-1)12-9-5-2-6-10-12;1-3-5-7-9-10-8-6-4-2/h1-10H;3-10H2,1-2H3. The Morgan fingerprint density at radius 2 is 0.773 bits per heavy atom. The molecule has 0 radical (unpaired) electrons.